The molecule has 22 heavy (non-hydrogen) atoms. The molecule has 0 unspecified atom stereocenters. The first kappa shape index (κ1) is 18.0. The molecule has 0 saturated heterocycles. The minimum Gasteiger partial charge on any atom is -0.484 e. The van der Waals surface area contributed by atoms with Crippen LogP contribution in [0.4, 0.5) is 0 Å². The van der Waals surface area contributed by atoms with Gasteiger partial charge < -0.3 is 20.1 Å². The van der Waals surface area contributed by atoms with Crippen molar-refractivity contribution < 1.29 is 19.1 Å². The van der Waals surface area contributed by atoms with E-state index in [0.29, 0.717) is 31.9 Å². The van der Waals surface area contributed by atoms with Gasteiger partial charge in [-0.25, -0.2) is 0 Å². The zero-order valence-electron chi connectivity index (χ0n) is 13.4. The molecule has 1 aromatic carbocycles. The van der Waals surface area contributed by atoms with Crippen LogP contribution in [0.25, 0.3) is 0 Å². The molecule has 0 aliphatic rings. The standard InChI is InChI=1S/C16H24N2O4/c1-12-4-5-14(13(2)10-12)22-11-16(20)18-8-7-17-15(19)6-9-21-3/h4-5,10H,6-9,11H2,1-3H3,(H,17,19)(H,18,20). The summed E-state index contributed by atoms with van der Waals surface area (Å²) in [5.74, 6) is 0.391. The van der Waals surface area contributed by atoms with Crippen molar-refractivity contribution in [1.82, 2.24) is 10.6 Å². The maximum atomic E-state index is 11.6. The van der Waals surface area contributed by atoms with Crippen LogP contribution in [0.15, 0.2) is 18.2 Å². The summed E-state index contributed by atoms with van der Waals surface area (Å²) in [6, 6.07) is 5.80. The number of hydrogen-bond acceptors (Lipinski definition) is 4. The summed E-state index contributed by atoms with van der Waals surface area (Å²) >= 11 is 0. The van der Waals surface area contributed by atoms with Gasteiger partial charge in [0.2, 0.25) is 5.91 Å². The fourth-order valence-corrected chi connectivity index (χ4v) is 1.84. The van der Waals surface area contributed by atoms with E-state index in [2.05, 4.69) is 10.6 Å². The highest BCUT2D eigenvalue weighted by Crippen LogP contribution is 2.18. The van der Waals surface area contributed by atoms with E-state index in [9.17, 15) is 9.59 Å². The van der Waals surface area contributed by atoms with Crippen molar-refractivity contribution in [3.05, 3.63) is 29.3 Å². The maximum Gasteiger partial charge on any atom is 0.258 e. The lowest BCUT2D eigenvalue weighted by atomic mass is 10.1. The third-order valence-corrected chi connectivity index (χ3v) is 2.99. The molecular weight excluding hydrogens is 284 g/mol. The van der Waals surface area contributed by atoms with Gasteiger partial charge in [0.15, 0.2) is 6.61 Å². The van der Waals surface area contributed by atoms with Gasteiger partial charge in [-0.15, -0.1) is 0 Å². The van der Waals surface area contributed by atoms with Gasteiger partial charge in [-0.1, -0.05) is 17.7 Å². The predicted molar refractivity (Wildman–Crippen MR) is 83.9 cm³/mol. The zero-order chi connectivity index (χ0) is 16.4. The molecule has 0 aliphatic carbocycles. The van der Waals surface area contributed by atoms with Crippen LogP contribution in [-0.2, 0) is 14.3 Å². The van der Waals surface area contributed by atoms with Crippen molar-refractivity contribution in [2.75, 3.05) is 33.4 Å². The Labute approximate surface area is 131 Å². The molecule has 0 heterocycles. The SMILES string of the molecule is COCCC(=O)NCCNC(=O)COc1ccc(C)cc1C. The van der Waals surface area contributed by atoms with Gasteiger partial charge in [-0.2, -0.15) is 0 Å². The van der Waals surface area contributed by atoms with E-state index >= 15 is 0 Å². The number of carbonyl (C=O) groups excluding carboxylic acids is 2. The van der Waals surface area contributed by atoms with Gasteiger partial charge in [-0.3, -0.25) is 9.59 Å². The van der Waals surface area contributed by atoms with Crippen LogP contribution < -0.4 is 15.4 Å². The summed E-state index contributed by atoms with van der Waals surface area (Å²) in [5, 5.41) is 5.37. The topological polar surface area (TPSA) is 76.7 Å². The van der Waals surface area contributed by atoms with Gasteiger partial charge >= 0.3 is 0 Å². The Morgan fingerprint density at radius 2 is 1.77 bits per heavy atom. The highest BCUT2D eigenvalue weighted by atomic mass is 16.5. The van der Waals surface area contributed by atoms with E-state index in [1.54, 1.807) is 7.11 Å². The molecule has 0 radical (unpaired) electrons. The summed E-state index contributed by atoms with van der Waals surface area (Å²) in [5.41, 5.74) is 2.15. The van der Waals surface area contributed by atoms with Crippen molar-refractivity contribution in [2.45, 2.75) is 20.3 Å². The summed E-state index contributed by atoms with van der Waals surface area (Å²) in [4.78, 5) is 22.9. The maximum absolute atomic E-state index is 11.6. The van der Waals surface area contributed by atoms with Gasteiger partial charge in [-0.05, 0) is 25.5 Å². The second kappa shape index (κ2) is 9.78. The molecule has 1 rings (SSSR count). The zero-order valence-corrected chi connectivity index (χ0v) is 13.4. The molecule has 6 nitrogen and oxygen atoms in total. The van der Waals surface area contributed by atoms with Crippen LogP contribution in [0.5, 0.6) is 5.75 Å². The quantitative estimate of drug-likeness (QED) is 0.666. The van der Waals surface area contributed by atoms with Gasteiger partial charge in [0.1, 0.15) is 5.75 Å². The molecule has 0 atom stereocenters. The van der Waals surface area contributed by atoms with Crippen molar-refractivity contribution >= 4 is 11.8 Å². The molecular formula is C16H24N2O4. The van der Waals surface area contributed by atoms with Gasteiger partial charge in [0.25, 0.3) is 5.91 Å². The second-order valence-corrected chi connectivity index (χ2v) is 5.00. The van der Waals surface area contributed by atoms with Crippen molar-refractivity contribution in [1.29, 1.82) is 0 Å². The molecule has 2 N–H and O–H groups in total. The lowest BCUT2D eigenvalue weighted by Gasteiger charge is -2.10. The average molecular weight is 308 g/mol. The van der Waals surface area contributed by atoms with E-state index in [0.717, 1.165) is 11.1 Å². The molecule has 0 saturated carbocycles. The van der Waals surface area contributed by atoms with E-state index in [-0.39, 0.29) is 18.4 Å². The first-order valence-corrected chi connectivity index (χ1v) is 7.25. The highest BCUT2D eigenvalue weighted by Gasteiger charge is 2.05. The third-order valence-electron chi connectivity index (χ3n) is 2.99. The summed E-state index contributed by atoms with van der Waals surface area (Å²) < 4.78 is 10.3. The van der Waals surface area contributed by atoms with Crippen LogP contribution in [0.2, 0.25) is 0 Å². The molecule has 0 fully saturated rings. The van der Waals surface area contributed by atoms with Gasteiger partial charge in [0.05, 0.1) is 6.61 Å². The first-order chi connectivity index (χ1) is 10.5. The summed E-state index contributed by atoms with van der Waals surface area (Å²) in [6.45, 7) is 5.05. The average Bonchev–Trinajstić information content (AvgIpc) is 2.48. The molecule has 0 aliphatic heterocycles. The molecule has 2 amide bonds. The Hall–Kier alpha value is -2.08. The molecule has 0 bridgehead atoms. The fourth-order valence-electron chi connectivity index (χ4n) is 1.84. The van der Waals surface area contributed by atoms with E-state index in [1.807, 2.05) is 32.0 Å². The number of aryl methyl sites for hydroxylation is 2. The summed E-state index contributed by atoms with van der Waals surface area (Å²) in [6.07, 6.45) is 0.320. The second-order valence-electron chi connectivity index (χ2n) is 5.00. The Balaban J connectivity index is 2.17. The highest BCUT2D eigenvalue weighted by molar-refractivity contribution is 5.78. The molecule has 0 spiro atoms. The fraction of sp³-hybridized carbons (Fsp3) is 0.500. The number of hydrogen-bond donors (Lipinski definition) is 2. The monoisotopic (exact) mass is 308 g/mol. The molecule has 0 aromatic heterocycles. The van der Waals surface area contributed by atoms with E-state index in [1.165, 1.54) is 0 Å². The van der Waals surface area contributed by atoms with Crippen molar-refractivity contribution in [2.24, 2.45) is 0 Å². The molecule has 122 valence electrons. The minimum atomic E-state index is -0.217. The first-order valence-electron chi connectivity index (χ1n) is 7.25. The molecule has 6 heteroatoms. The van der Waals surface area contributed by atoms with Crippen LogP contribution in [0.1, 0.15) is 17.5 Å². The lowest BCUT2D eigenvalue weighted by molar-refractivity contribution is -0.124. The largest absolute Gasteiger partial charge is 0.484 e. The smallest absolute Gasteiger partial charge is 0.258 e. The number of nitrogens with one attached hydrogen (secondary N) is 2. The van der Waals surface area contributed by atoms with Crippen molar-refractivity contribution in [3.8, 4) is 5.75 Å². The van der Waals surface area contributed by atoms with Crippen LogP contribution in [0.3, 0.4) is 0 Å². The Bertz CT molecular complexity index is 503. The Morgan fingerprint density at radius 1 is 1.09 bits per heavy atom. The normalized spacial score (nSPS) is 10.1. The van der Waals surface area contributed by atoms with Crippen molar-refractivity contribution in [3.63, 3.8) is 0 Å². The number of amides is 2. The predicted octanol–water partition coefficient (Wildman–Crippen LogP) is 0.951. The van der Waals surface area contributed by atoms with E-state index in [4.69, 9.17) is 9.47 Å². The number of ether oxygens (including phenoxy) is 2. The van der Waals surface area contributed by atoms with Crippen LogP contribution in [0, 0.1) is 13.8 Å². The lowest BCUT2D eigenvalue weighted by Crippen LogP contribution is -2.37. The third kappa shape index (κ3) is 7.08. The van der Waals surface area contributed by atoms with Crippen LogP contribution >= 0.6 is 0 Å². The van der Waals surface area contributed by atoms with Gasteiger partial charge in [0, 0.05) is 26.6 Å². The molecule has 1 aromatic rings. The Morgan fingerprint density at radius 3 is 2.41 bits per heavy atom. The number of benzene rings is 1. The van der Waals surface area contributed by atoms with E-state index < -0.39 is 0 Å². The van der Waals surface area contributed by atoms with Crippen LogP contribution in [-0.4, -0.2) is 45.2 Å². The number of carbonyl (C=O) groups is 2. The number of methoxy groups -OCH3 is 1. The minimum absolute atomic E-state index is 0.0402. The summed E-state index contributed by atoms with van der Waals surface area (Å²) in [7, 11) is 1.54. The Kier molecular flexibility index (Phi) is 7.99. The number of rotatable bonds is 9.